The first kappa shape index (κ1) is 18.0. The number of carbonyl (C=O) groups excluding carboxylic acids is 1. The zero-order valence-corrected chi connectivity index (χ0v) is 15.8. The van der Waals surface area contributed by atoms with Gasteiger partial charge in [0.05, 0.1) is 23.0 Å². The molecule has 142 valence electrons. The first-order valence-electron chi connectivity index (χ1n) is 9.24. The molecule has 0 aliphatic carbocycles. The Morgan fingerprint density at radius 3 is 2.75 bits per heavy atom. The number of hydrogen-bond acceptors (Lipinski definition) is 4. The molecular formula is C22H21N3O3. The highest BCUT2D eigenvalue weighted by atomic mass is 16.5. The van der Waals surface area contributed by atoms with Crippen molar-refractivity contribution in [1.82, 2.24) is 14.9 Å². The van der Waals surface area contributed by atoms with Gasteiger partial charge < -0.3 is 14.6 Å². The van der Waals surface area contributed by atoms with Crippen LogP contribution in [0.4, 0.5) is 0 Å². The highest BCUT2D eigenvalue weighted by Crippen LogP contribution is 2.27. The summed E-state index contributed by atoms with van der Waals surface area (Å²) in [5, 5.41) is 0.536. The fourth-order valence-electron chi connectivity index (χ4n) is 3.28. The van der Waals surface area contributed by atoms with Crippen molar-refractivity contribution in [1.29, 1.82) is 0 Å². The fourth-order valence-corrected chi connectivity index (χ4v) is 3.28. The van der Waals surface area contributed by atoms with Crippen molar-refractivity contribution in [3.05, 3.63) is 75.8 Å². The van der Waals surface area contributed by atoms with Crippen LogP contribution < -0.4 is 10.3 Å². The summed E-state index contributed by atoms with van der Waals surface area (Å²) in [5.41, 5.74) is 1.88. The van der Waals surface area contributed by atoms with E-state index >= 15 is 0 Å². The third-order valence-corrected chi connectivity index (χ3v) is 4.77. The maximum Gasteiger partial charge on any atom is 0.258 e. The first-order valence-corrected chi connectivity index (χ1v) is 9.24. The lowest BCUT2D eigenvalue weighted by atomic mass is 10.1. The van der Waals surface area contributed by atoms with Gasteiger partial charge in [0.15, 0.2) is 0 Å². The first-order chi connectivity index (χ1) is 13.5. The second-order valence-corrected chi connectivity index (χ2v) is 7.05. The summed E-state index contributed by atoms with van der Waals surface area (Å²) in [5.74, 6) is 1.11. The van der Waals surface area contributed by atoms with Gasteiger partial charge in [-0.3, -0.25) is 9.59 Å². The predicted octanol–water partition coefficient (Wildman–Crippen LogP) is 3.14. The van der Waals surface area contributed by atoms with Crippen LogP contribution in [-0.2, 0) is 11.3 Å². The molecule has 1 aliphatic heterocycles. The van der Waals surface area contributed by atoms with Gasteiger partial charge in [-0.2, -0.15) is 0 Å². The van der Waals surface area contributed by atoms with E-state index in [2.05, 4.69) is 9.97 Å². The quantitative estimate of drug-likeness (QED) is 0.760. The van der Waals surface area contributed by atoms with Crippen LogP contribution in [0.15, 0.2) is 58.9 Å². The predicted molar refractivity (Wildman–Crippen MR) is 108 cm³/mol. The van der Waals surface area contributed by atoms with Crippen LogP contribution >= 0.6 is 0 Å². The summed E-state index contributed by atoms with van der Waals surface area (Å²) in [6.07, 6.45) is 1.87. The largest absolute Gasteiger partial charge is 0.488 e. The van der Waals surface area contributed by atoms with E-state index in [1.807, 2.05) is 50.3 Å². The molecule has 0 saturated carbocycles. The zero-order chi connectivity index (χ0) is 19.7. The highest BCUT2D eigenvalue weighted by Gasteiger charge is 2.25. The van der Waals surface area contributed by atoms with Crippen molar-refractivity contribution in [3.8, 4) is 5.75 Å². The Morgan fingerprint density at radius 2 is 1.93 bits per heavy atom. The summed E-state index contributed by atoms with van der Waals surface area (Å²) in [4.78, 5) is 34.5. The van der Waals surface area contributed by atoms with Crippen molar-refractivity contribution in [2.75, 3.05) is 6.61 Å². The van der Waals surface area contributed by atoms with E-state index in [1.54, 1.807) is 23.1 Å². The number of hydrogen-bond donors (Lipinski definition) is 1. The van der Waals surface area contributed by atoms with Crippen LogP contribution in [0.1, 0.15) is 25.2 Å². The molecule has 3 aromatic rings. The van der Waals surface area contributed by atoms with Crippen LogP contribution in [0.3, 0.4) is 0 Å². The third kappa shape index (κ3) is 3.41. The van der Waals surface area contributed by atoms with Gasteiger partial charge in [-0.1, -0.05) is 30.3 Å². The van der Waals surface area contributed by atoms with Crippen molar-refractivity contribution < 1.29 is 9.53 Å². The maximum atomic E-state index is 13.2. The minimum atomic E-state index is -0.203. The molecule has 0 spiro atoms. The molecule has 4 rings (SSSR count). The van der Waals surface area contributed by atoms with Gasteiger partial charge in [-0.05, 0) is 38.1 Å². The molecule has 1 N–H and O–H groups in total. The molecule has 2 aromatic carbocycles. The highest BCUT2D eigenvalue weighted by molar-refractivity contribution is 5.99. The van der Waals surface area contributed by atoms with Crippen LogP contribution in [0, 0.1) is 0 Å². The Balaban J connectivity index is 1.64. The molecule has 0 saturated heterocycles. The van der Waals surface area contributed by atoms with Crippen molar-refractivity contribution in [2.45, 2.75) is 26.4 Å². The number of amides is 1. The van der Waals surface area contributed by atoms with E-state index in [9.17, 15) is 9.59 Å². The molecule has 6 nitrogen and oxygen atoms in total. The summed E-state index contributed by atoms with van der Waals surface area (Å²) in [6.45, 7) is 4.32. The SMILES string of the molecule is CC(C)N(Cc1nc2ccccc2c(=O)[nH]1)C(=O)C1=Cc2ccccc2OC1. The number of nitrogens with zero attached hydrogens (tertiary/aromatic N) is 2. The zero-order valence-electron chi connectivity index (χ0n) is 15.8. The Kier molecular flexibility index (Phi) is 4.69. The molecular weight excluding hydrogens is 354 g/mol. The number of benzene rings is 2. The topological polar surface area (TPSA) is 75.3 Å². The number of carbonyl (C=O) groups is 1. The lowest BCUT2D eigenvalue weighted by molar-refractivity contribution is -0.129. The van der Waals surface area contributed by atoms with Gasteiger partial charge in [0.25, 0.3) is 11.5 Å². The number of rotatable bonds is 4. The van der Waals surface area contributed by atoms with E-state index in [0.29, 0.717) is 22.3 Å². The van der Waals surface area contributed by atoms with Crippen LogP contribution in [0.25, 0.3) is 17.0 Å². The summed E-state index contributed by atoms with van der Waals surface area (Å²) < 4.78 is 5.72. The number of H-pyrrole nitrogens is 1. The van der Waals surface area contributed by atoms with E-state index in [4.69, 9.17) is 4.74 Å². The molecule has 0 unspecified atom stereocenters. The summed E-state index contributed by atoms with van der Waals surface area (Å²) in [6, 6.07) is 14.7. The Morgan fingerprint density at radius 1 is 1.18 bits per heavy atom. The van der Waals surface area contributed by atoms with Crippen LogP contribution in [0.2, 0.25) is 0 Å². The smallest absolute Gasteiger partial charge is 0.258 e. The molecule has 0 radical (unpaired) electrons. The van der Waals surface area contributed by atoms with Gasteiger partial charge in [0.1, 0.15) is 18.2 Å². The minimum Gasteiger partial charge on any atom is -0.488 e. The molecule has 1 amide bonds. The van der Waals surface area contributed by atoms with Crippen molar-refractivity contribution in [3.63, 3.8) is 0 Å². The molecule has 0 atom stereocenters. The number of fused-ring (bicyclic) bond motifs is 2. The third-order valence-electron chi connectivity index (χ3n) is 4.77. The second-order valence-electron chi connectivity index (χ2n) is 7.05. The molecule has 1 aromatic heterocycles. The molecule has 2 heterocycles. The van der Waals surface area contributed by atoms with Gasteiger partial charge in [-0.25, -0.2) is 4.98 Å². The van der Waals surface area contributed by atoms with Crippen LogP contribution in [-0.4, -0.2) is 33.4 Å². The molecule has 0 bridgehead atoms. The van der Waals surface area contributed by atoms with E-state index < -0.39 is 0 Å². The summed E-state index contributed by atoms with van der Waals surface area (Å²) >= 11 is 0. The van der Waals surface area contributed by atoms with Crippen molar-refractivity contribution >= 4 is 22.9 Å². The normalized spacial score (nSPS) is 13.0. The monoisotopic (exact) mass is 375 g/mol. The minimum absolute atomic E-state index is 0.0673. The number of aromatic amines is 1. The number of para-hydroxylation sites is 2. The molecule has 6 heteroatoms. The van der Waals surface area contributed by atoms with E-state index in [0.717, 1.165) is 11.3 Å². The van der Waals surface area contributed by atoms with Crippen LogP contribution in [0.5, 0.6) is 5.75 Å². The summed E-state index contributed by atoms with van der Waals surface area (Å²) in [7, 11) is 0. The second kappa shape index (κ2) is 7.31. The Bertz CT molecular complexity index is 1130. The lowest BCUT2D eigenvalue weighted by Gasteiger charge is -2.28. The molecule has 28 heavy (non-hydrogen) atoms. The Labute approximate surface area is 162 Å². The standard InChI is InChI=1S/C22H21N3O3/c1-14(2)25(12-20-23-18-9-5-4-8-17(18)21(26)24-20)22(27)16-11-15-7-3-6-10-19(15)28-13-16/h3-11,14H,12-13H2,1-2H3,(H,23,24,26). The number of nitrogens with one attached hydrogen (secondary N) is 1. The molecule has 0 fully saturated rings. The average Bonchev–Trinajstić information content (AvgIpc) is 2.71. The van der Waals surface area contributed by atoms with Gasteiger partial charge >= 0.3 is 0 Å². The van der Waals surface area contributed by atoms with Gasteiger partial charge in [0.2, 0.25) is 0 Å². The number of ether oxygens (including phenoxy) is 1. The van der Waals surface area contributed by atoms with Crippen molar-refractivity contribution in [2.24, 2.45) is 0 Å². The van der Waals surface area contributed by atoms with E-state index in [-0.39, 0.29) is 30.7 Å². The van der Waals surface area contributed by atoms with E-state index in [1.165, 1.54) is 0 Å². The fraction of sp³-hybridized carbons (Fsp3) is 0.227. The number of aromatic nitrogens is 2. The van der Waals surface area contributed by atoms with Gasteiger partial charge in [-0.15, -0.1) is 0 Å². The van der Waals surface area contributed by atoms with Gasteiger partial charge in [0, 0.05) is 11.6 Å². The Hall–Kier alpha value is -3.41. The molecule has 1 aliphatic rings. The lowest BCUT2D eigenvalue weighted by Crippen LogP contribution is -2.39. The maximum absolute atomic E-state index is 13.2. The average molecular weight is 375 g/mol.